The predicted molar refractivity (Wildman–Crippen MR) is 118 cm³/mol. The molecule has 2 aliphatic heterocycles. The molecule has 0 unspecified atom stereocenters. The van der Waals surface area contributed by atoms with Crippen LogP contribution in [-0.4, -0.2) is 49.4 Å². The van der Waals surface area contributed by atoms with E-state index in [0.717, 1.165) is 5.69 Å². The topological polar surface area (TPSA) is 79.0 Å². The fourth-order valence-corrected chi connectivity index (χ4v) is 4.30. The van der Waals surface area contributed by atoms with Gasteiger partial charge in [-0.05, 0) is 37.1 Å². The summed E-state index contributed by atoms with van der Waals surface area (Å²) in [7, 11) is 1.59. The number of benzene rings is 2. The highest BCUT2D eigenvalue weighted by Crippen LogP contribution is 2.28. The van der Waals surface area contributed by atoms with Gasteiger partial charge in [-0.15, -0.1) is 0 Å². The van der Waals surface area contributed by atoms with Gasteiger partial charge in [0.1, 0.15) is 5.75 Å². The van der Waals surface area contributed by atoms with Crippen LogP contribution in [0.15, 0.2) is 54.6 Å². The van der Waals surface area contributed by atoms with E-state index < -0.39 is 0 Å². The van der Waals surface area contributed by atoms with Crippen molar-refractivity contribution in [3.63, 3.8) is 0 Å². The molecule has 162 valence electrons. The van der Waals surface area contributed by atoms with Crippen LogP contribution >= 0.6 is 0 Å². The van der Waals surface area contributed by atoms with Gasteiger partial charge in [0.15, 0.2) is 0 Å². The molecule has 0 bridgehead atoms. The molecule has 3 amide bonds. The molecule has 31 heavy (non-hydrogen) atoms. The van der Waals surface area contributed by atoms with E-state index >= 15 is 0 Å². The maximum Gasteiger partial charge on any atom is 0.228 e. The molecule has 2 aromatic carbocycles. The number of rotatable bonds is 5. The maximum absolute atomic E-state index is 13.0. The fraction of sp³-hybridized carbons (Fsp3) is 0.375. The molecule has 0 radical (unpaired) electrons. The van der Waals surface area contributed by atoms with Crippen LogP contribution in [0.25, 0.3) is 0 Å². The lowest BCUT2D eigenvalue weighted by atomic mass is 9.94. The number of anilines is 2. The van der Waals surface area contributed by atoms with E-state index in [4.69, 9.17) is 4.74 Å². The van der Waals surface area contributed by atoms with Crippen LogP contribution in [-0.2, 0) is 14.4 Å². The first kappa shape index (κ1) is 20.9. The third-order valence-corrected chi connectivity index (χ3v) is 6.06. The van der Waals surface area contributed by atoms with Crippen LogP contribution in [0.5, 0.6) is 5.75 Å². The van der Waals surface area contributed by atoms with Gasteiger partial charge in [-0.2, -0.15) is 0 Å². The normalized spacial score (nSPS) is 19.4. The largest absolute Gasteiger partial charge is 0.497 e. The quantitative estimate of drug-likeness (QED) is 0.805. The molecule has 1 N–H and O–H groups in total. The molecule has 2 fully saturated rings. The Morgan fingerprint density at radius 3 is 2.45 bits per heavy atom. The Bertz CT molecular complexity index is 954. The SMILES string of the molecule is COc1cccc(NC(=O)C2CCN(C(=O)[C@H]3CC(=O)N(c4ccccc4)C3)CC2)c1. The lowest BCUT2D eigenvalue weighted by Gasteiger charge is -2.33. The Hall–Kier alpha value is -3.35. The third kappa shape index (κ3) is 4.71. The lowest BCUT2D eigenvalue weighted by molar-refractivity contribution is -0.138. The second kappa shape index (κ2) is 9.20. The maximum atomic E-state index is 13.0. The first-order valence-electron chi connectivity index (χ1n) is 10.6. The van der Waals surface area contributed by atoms with E-state index in [0.29, 0.717) is 43.9 Å². The summed E-state index contributed by atoms with van der Waals surface area (Å²) in [6.07, 6.45) is 1.47. The molecule has 0 aromatic heterocycles. The number of carbonyl (C=O) groups excluding carboxylic acids is 3. The minimum Gasteiger partial charge on any atom is -0.497 e. The number of methoxy groups -OCH3 is 1. The van der Waals surface area contributed by atoms with Gasteiger partial charge in [-0.3, -0.25) is 14.4 Å². The Morgan fingerprint density at radius 1 is 1.00 bits per heavy atom. The summed E-state index contributed by atoms with van der Waals surface area (Å²) in [4.78, 5) is 41.6. The Kier molecular flexibility index (Phi) is 6.21. The van der Waals surface area contributed by atoms with Gasteiger partial charge in [-0.1, -0.05) is 24.3 Å². The average Bonchev–Trinajstić information content (AvgIpc) is 3.21. The molecule has 0 saturated carbocycles. The first-order chi connectivity index (χ1) is 15.0. The van der Waals surface area contributed by atoms with Crippen molar-refractivity contribution in [3.05, 3.63) is 54.6 Å². The molecule has 0 spiro atoms. The van der Waals surface area contributed by atoms with Crippen LogP contribution in [0.4, 0.5) is 11.4 Å². The number of ether oxygens (including phenoxy) is 1. The highest BCUT2D eigenvalue weighted by Gasteiger charge is 2.38. The zero-order valence-electron chi connectivity index (χ0n) is 17.6. The van der Waals surface area contributed by atoms with Crippen LogP contribution in [0, 0.1) is 11.8 Å². The average molecular weight is 421 g/mol. The molecule has 0 aliphatic carbocycles. The summed E-state index contributed by atoms with van der Waals surface area (Å²) in [6, 6.07) is 16.7. The number of likely N-dealkylation sites (tertiary alicyclic amines) is 1. The second-order valence-electron chi connectivity index (χ2n) is 8.06. The standard InChI is InChI=1S/C24H27N3O4/c1-31-21-9-5-6-19(15-21)25-23(29)17-10-12-26(13-11-17)24(30)18-14-22(28)27(16-18)20-7-3-2-4-8-20/h2-9,15,17-18H,10-14,16H2,1H3,(H,25,29)/t18-/m0/s1. The number of nitrogens with one attached hydrogen (secondary N) is 1. The second-order valence-corrected chi connectivity index (χ2v) is 8.06. The van der Waals surface area contributed by atoms with Crippen LogP contribution in [0.2, 0.25) is 0 Å². The van der Waals surface area contributed by atoms with Crippen molar-refractivity contribution < 1.29 is 19.1 Å². The van der Waals surface area contributed by atoms with Crippen molar-refractivity contribution in [3.8, 4) is 5.75 Å². The number of para-hydroxylation sites is 1. The smallest absolute Gasteiger partial charge is 0.228 e. The zero-order chi connectivity index (χ0) is 21.8. The minimum atomic E-state index is -0.324. The van der Waals surface area contributed by atoms with Crippen molar-refractivity contribution in [2.45, 2.75) is 19.3 Å². The highest BCUT2D eigenvalue weighted by atomic mass is 16.5. The van der Waals surface area contributed by atoms with Crippen LogP contribution < -0.4 is 15.0 Å². The van der Waals surface area contributed by atoms with E-state index in [1.807, 2.05) is 53.4 Å². The van der Waals surface area contributed by atoms with Crippen molar-refractivity contribution in [1.29, 1.82) is 0 Å². The number of carbonyl (C=O) groups is 3. The molecule has 4 rings (SSSR count). The fourth-order valence-electron chi connectivity index (χ4n) is 4.30. The van der Waals surface area contributed by atoms with E-state index in [1.165, 1.54) is 0 Å². The van der Waals surface area contributed by atoms with E-state index in [9.17, 15) is 14.4 Å². The summed E-state index contributed by atoms with van der Waals surface area (Å²) in [5, 5.41) is 2.94. The van der Waals surface area contributed by atoms with E-state index in [-0.39, 0.29) is 36.0 Å². The summed E-state index contributed by atoms with van der Waals surface area (Å²) in [6.45, 7) is 1.48. The summed E-state index contributed by atoms with van der Waals surface area (Å²) in [5.74, 6) is 0.187. The predicted octanol–water partition coefficient (Wildman–Crippen LogP) is 2.93. The van der Waals surface area contributed by atoms with Gasteiger partial charge in [-0.25, -0.2) is 0 Å². The Morgan fingerprint density at radius 2 is 1.74 bits per heavy atom. The molecule has 7 heteroatoms. The molecule has 1 atom stereocenters. The van der Waals surface area contributed by atoms with Gasteiger partial charge in [0.25, 0.3) is 0 Å². The Labute approximate surface area is 182 Å². The number of nitrogens with zero attached hydrogens (tertiary/aromatic N) is 2. The zero-order valence-corrected chi connectivity index (χ0v) is 17.6. The molecule has 7 nitrogen and oxygen atoms in total. The molecular weight excluding hydrogens is 394 g/mol. The molecular formula is C24H27N3O4. The van der Waals surface area contributed by atoms with Crippen molar-refractivity contribution >= 4 is 29.1 Å². The number of hydrogen-bond donors (Lipinski definition) is 1. The summed E-state index contributed by atoms with van der Waals surface area (Å²) in [5.41, 5.74) is 1.53. The molecule has 2 aromatic rings. The third-order valence-electron chi connectivity index (χ3n) is 6.06. The lowest BCUT2D eigenvalue weighted by Crippen LogP contribution is -2.44. The first-order valence-corrected chi connectivity index (χ1v) is 10.6. The van der Waals surface area contributed by atoms with Crippen molar-refractivity contribution in [1.82, 2.24) is 4.90 Å². The summed E-state index contributed by atoms with van der Waals surface area (Å²) >= 11 is 0. The van der Waals surface area contributed by atoms with Crippen LogP contribution in [0.1, 0.15) is 19.3 Å². The van der Waals surface area contributed by atoms with Gasteiger partial charge < -0.3 is 19.9 Å². The molecule has 2 heterocycles. The van der Waals surface area contributed by atoms with E-state index in [2.05, 4.69) is 5.32 Å². The van der Waals surface area contributed by atoms with Gasteiger partial charge in [0, 0.05) is 49.4 Å². The van der Waals surface area contributed by atoms with E-state index in [1.54, 1.807) is 18.1 Å². The number of amides is 3. The molecule has 2 saturated heterocycles. The van der Waals surface area contributed by atoms with Gasteiger partial charge in [0.2, 0.25) is 17.7 Å². The summed E-state index contributed by atoms with van der Waals surface area (Å²) < 4.78 is 5.19. The van der Waals surface area contributed by atoms with Gasteiger partial charge in [0.05, 0.1) is 13.0 Å². The van der Waals surface area contributed by atoms with Crippen molar-refractivity contribution in [2.24, 2.45) is 11.8 Å². The monoisotopic (exact) mass is 421 g/mol. The highest BCUT2D eigenvalue weighted by molar-refractivity contribution is 6.00. The van der Waals surface area contributed by atoms with Crippen LogP contribution in [0.3, 0.4) is 0 Å². The number of piperidine rings is 1. The molecule has 2 aliphatic rings. The minimum absolute atomic E-state index is 0.0124. The Balaban J connectivity index is 1.30. The number of hydrogen-bond acceptors (Lipinski definition) is 4. The van der Waals surface area contributed by atoms with Gasteiger partial charge >= 0.3 is 0 Å². The van der Waals surface area contributed by atoms with Crippen molar-refractivity contribution in [2.75, 3.05) is 37.0 Å².